The van der Waals surface area contributed by atoms with Crippen LogP contribution in [0.3, 0.4) is 0 Å². The van der Waals surface area contributed by atoms with E-state index < -0.39 is 0 Å². The second kappa shape index (κ2) is 3.83. The van der Waals surface area contributed by atoms with Gasteiger partial charge in [-0.25, -0.2) is 0 Å². The molecule has 0 bridgehead atoms. The maximum Gasteiger partial charge on any atom is 0.184 e. The van der Waals surface area contributed by atoms with Gasteiger partial charge >= 0.3 is 0 Å². The van der Waals surface area contributed by atoms with E-state index in [-0.39, 0.29) is 6.29 Å². The zero-order valence-corrected chi connectivity index (χ0v) is 9.76. The maximum absolute atomic E-state index is 5.84. The van der Waals surface area contributed by atoms with Gasteiger partial charge < -0.3 is 13.9 Å². The summed E-state index contributed by atoms with van der Waals surface area (Å²) in [4.78, 5) is 0. The Labute approximate surface area is 104 Å². The third kappa shape index (κ3) is 1.45. The van der Waals surface area contributed by atoms with E-state index in [1.165, 1.54) is 0 Å². The van der Waals surface area contributed by atoms with E-state index in [2.05, 4.69) is 12.1 Å². The van der Waals surface area contributed by atoms with E-state index in [9.17, 15) is 0 Å². The van der Waals surface area contributed by atoms with Crippen molar-refractivity contribution in [3.63, 3.8) is 0 Å². The largest absolute Gasteiger partial charge is 0.456 e. The molecule has 2 aromatic carbocycles. The highest BCUT2D eigenvalue weighted by molar-refractivity contribution is 6.04. The van der Waals surface area contributed by atoms with Crippen LogP contribution in [-0.4, -0.2) is 13.2 Å². The SMILES string of the molecule is c1ccc2c(c1)oc1cc(C3OCCO3)ccc12. The molecule has 0 amide bonds. The molecule has 1 aromatic heterocycles. The lowest BCUT2D eigenvalue weighted by molar-refractivity contribution is -0.0440. The third-order valence-electron chi connectivity index (χ3n) is 3.30. The molecular formula is C15H12O3. The van der Waals surface area contributed by atoms with Gasteiger partial charge in [-0.15, -0.1) is 0 Å². The molecule has 1 aliphatic rings. The highest BCUT2D eigenvalue weighted by atomic mass is 16.7. The van der Waals surface area contributed by atoms with Crippen molar-refractivity contribution in [1.29, 1.82) is 0 Å². The van der Waals surface area contributed by atoms with Gasteiger partial charge in [0, 0.05) is 16.3 Å². The molecule has 0 spiro atoms. The average molecular weight is 240 g/mol. The Morgan fingerprint density at radius 2 is 1.61 bits per heavy atom. The summed E-state index contributed by atoms with van der Waals surface area (Å²) in [6, 6.07) is 14.2. The molecule has 1 fully saturated rings. The lowest BCUT2D eigenvalue weighted by Gasteiger charge is -2.08. The van der Waals surface area contributed by atoms with Gasteiger partial charge in [-0.3, -0.25) is 0 Å². The van der Waals surface area contributed by atoms with Crippen LogP contribution < -0.4 is 0 Å². The van der Waals surface area contributed by atoms with Crippen LogP contribution >= 0.6 is 0 Å². The monoisotopic (exact) mass is 240 g/mol. The summed E-state index contributed by atoms with van der Waals surface area (Å²) in [5.74, 6) is 0. The van der Waals surface area contributed by atoms with Crippen LogP contribution in [0.1, 0.15) is 11.9 Å². The fraction of sp³-hybridized carbons (Fsp3) is 0.200. The van der Waals surface area contributed by atoms with Gasteiger partial charge in [-0.05, 0) is 12.1 Å². The number of hydrogen-bond acceptors (Lipinski definition) is 3. The van der Waals surface area contributed by atoms with Crippen molar-refractivity contribution in [3.05, 3.63) is 48.0 Å². The third-order valence-corrected chi connectivity index (χ3v) is 3.30. The summed E-state index contributed by atoms with van der Waals surface area (Å²) in [6.45, 7) is 1.31. The Morgan fingerprint density at radius 3 is 2.50 bits per heavy atom. The van der Waals surface area contributed by atoms with Crippen LogP contribution in [0.2, 0.25) is 0 Å². The molecule has 90 valence electrons. The number of para-hydroxylation sites is 1. The predicted molar refractivity (Wildman–Crippen MR) is 68.4 cm³/mol. The van der Waals surface area contributed by atoms with Crippen LogP contribution in [0, 0.1) is 0 Å². The molecule has 3 nitrogen and oxygen atoms in total. The molecule has 0 N–H and O–H groups in total. The van der Waals surface area contributed by atoms with Gasteiger partial charge in [0.15, 0.2) is 6.29 Å². The second-order valence-corrected chi connectivity index (χ2v) is 4.43. The molecule has 0 radical (unpaired) electrons. The van der Waals surface area contributed by atoms with Crippen LogP contribution in [0.5, 0.6) is 0 Å². The van der Waals surface area contributed by atoms with E-state index in [4.69, 9.17) is 13.9 Å². The summed E-state index contributed by atoms with van der Waals surface area (Å²) < 4.78 is 16.8. The first-order valence-corrected chi connectivity index (χ1v) is 6.06. The molecular weight excluding hydrogens is 228 g/mol. The van der Waals surface area contributed by atoms with Crippen LogP contribution in [0.4, 0.5) is 0 Å². The Bertz CT molecular complexity index is 708. The van der Waals surface area contributed by atoms with Crippen molar-refractivity contribution < 1.29 is 13.9 Å². The lowest BCUT2D eigenvalue weighted by Crippen LogP contribution is -1.96. The van der Waals surface area contributed by atoms with Crippen LogP contribution in [0.25, 0.3) is 21.9 Å². The van der Waals surface area contributed by atoms with Crippen molar-refractivity contribution in [3.8, 4) is 0 Å². The van der Waals surface area contributed by atoms with Crippen molar-refractivity contribution in [2.75, 3.05) is 13.2 Å². The minimum Gasteiger partial charge on any atom is -0.456 e. The molecule has 1 aliphatic heterocycles. The summed E-state index contributed by atoms with van der Waals surface area (Å²) in [5, 5.41) is 2.28. The molecule has 0 atom stereocenters. The summed E-state index contributed by atoms with van der Waals surface area (Å²) >= 11 is 0. The first-order valence-electron chi connectivity index (χ1n) is 6.06. The molecule has 18 heavy (non-hydrogen) atoms. The zero-order valence-electron chi connectivity index (χ0n) is 9.76. The van der Waals surface area contributed by atoms with Gasteiger partial charge in [0.05, 0.1) is 13.2 Å². The quantitative estimate of drug-likeness (QED) is 0.651. The molecule has 0 aliphatic carbocycles. The standard InChI is InChI=1S/C15H12O3/c1-2-4-13-11(3-1)12-6-5-10(9-14(12)18-13)15-16-7-8-17-15/h1-6,9,15H,7-8H2. The van der Waals surface area contributed by atoms with E-state index in [1.807, 2.05) is 30.3 Å². The van der Waals surface area contributed by atoms with Gasteiger partial charge in [0.25, 0.3) is 0 Å². The van der Waals surface area contributed by atoms with Crippen LogP contribution in [0.15, 0.2) is 46.9 Å². The van der Waals surface area contributed by atoms with E-state index in [0.29, 0.717) is 13.2 Å². The minimum absolute atomic E-state index is 0.248. The van der Waals surface area contributed by atoms with Gasteiger partial charge in [0.2, 0.25) is 0 Å². The molecule has 0 unspecified atom stereocenters. The Kier molecular flexibility index (Phi) is 2.15. The van der Waals surface area contributed by atoms with Gasteiger partial charge in [-0.1, -0.05) is 30.3 Å². The number of furan rings is 1. The van der Waals surface area contributed by atoms with Crippen molar-refractivity contribution >= 4 is 21.9 Å². The van der Waals surface area contributed by atoms with Crippen molar-refractivity contribution in [2.24, 2.45) is 0 Å². The van der Waals surface area contributed by atoms with Gasteiger partial charge in [-0.2, -0.15) is 0 Å². The van der Waals surface area contributed by atoms with Crippen molar-refractivity contribution in [1.82, 2.24) is 0 Å². The number of hydrogen-bond donors (Lipinski definition) is 0. The van der Waals surface area contributed by atoms with Crippen molar-refractivity contribution in [2.45, 2.75) is 6.29 Å². The second-order valence-electron chi connectivity index (χ2n) is 4.43. The highest BCUT2D eigenvalue weighted by Gasteiger charge is 2.19. The van der Waals surface area contributed by atoms with E-state index in [0.717, 1.165) is 27.5 Å². The number of benzene rings is 2. The Morgan fingerprint density at radius 1 is 0.833 bits per heavy atom. The molecule has 3 heteroatoms. The predicted octanol–water partition coefficient (Wildman–Crippen LogP) is 3.63. The number of rotatable bonds is 1. The Hall–Kier alpha value is -1.84. The Balaban J connectivity index is 1.92. The molecule has 2 heterocycles. The smallest absolute Gasteiger partial charge is 0.184 e. The normalized spacial score (nSPS) is 16.9. The summed E-state index contributed by atoms with van der Waals surface area (Å²) in [5.41, 5.74) is 2.81. The number of ether oxygens (including phenoxy) is 2. The molecule has 4 rings (SSSR count). The summed E-state index contributed by atoms with van der Waals surface area (Å²) in [6.07, 6.45) is -0.248. The zero-order chi connectivity index (χ0) is 11.9. The maximum atomic E-state index is 5.84. The topological polar surface area (TPSA) is 31.6 Å². The first-order chi connectivity index (χ1) is 8.92. The summed E-state index contributed by atoms with van der Waals surface area (Å²) in [7, 11) is 0. The first kappa shape index (κ1) is 10.1. The average Bonchev–Trinajstić information content (AvgIpc) is 3.05. The van der Waals surface area contributed by atoms with E-state index in [1.54, 1.807) is 0 Å². The fourth-order valence-corrected chi connectivity index (χ4v) is 2.44. The molecule has 3 aromatic rings. The number of fused-ring (bicyclic) bond motifs is 3. The van der Waals surface area contributed by atoms with Gasteiger partial charge in [0.1, 0.15) is 11.2 Å². The van der Waals surface area contributed by atoms with Crippen LogP contribution in [-0.2, 0) is 9.47 Å². The molecule has 0 saturated carbocycles. The highest BCUT2D eigenvalue weighted by Crippen LogP contribution is 2.32. The lowest BCUT2D eigenvalue weighted by atomic mass is 10.1. The molecule has 1 saturated heterocycles. The van der Waals surface area contributed by atoms with E-state index >= 15 is 0 Å². The fourth-order valence-electron chi connectivity index (χ4n) is 2.44. The minimum atomic E-state index is -0.248.